The molecule has 0 saturated carbocycles. The largest absolute Gasteiger partial charge is 0.465 e. The van der Waals surface area contributed by atoms with Gasteiger partial charge in [-0.3, -0.25) is 4.98 Å². The average Bonchev–Trinajstić information content (AvgIpc) is 2.67. The maximum Gasteiger partial charge on any atom is 0.337 e. The van der Waals surface area contributed by atoms with Gasteiger partial charge in [0.2, 0.25) is 0 Å². The number of carbonyl (C=O) groups excluding carboxylic acids is 1. The Kier molecular flexibility index (Phi) is 3.86. The summed E-state index contributed by atoms with van der Waals surface area (Å²) in [7, 11) is 1.38. The quantitative estimate of drug-likeness (QED) is 0.355. The van der Waals surface area contributed by atoms with E-state index in [1.165, 1.54) is 7.11 Å². The number of hydrogen-bond acceptors (Lipinski definition) is 3. The molecule has 4 heteroatoms. The van der Waals surface area contributed by atoms with Crippen LogP contribution in [0.2, 0.25) is 5.02 Å². The zero-order valence-corrected chi connectivity index (χ0v) is 14.2. The second kappa shape index (κ2) is 6.19. The van der Waals surface area contributed by atoms with Gasteiger partial charge in [-0.1, -0.05) is 29.8 Å². The van der Waals surface area contributed by atoms with Crippen molar-refractivity contribution in [2.45, 2.75) is 0 Å². The van der Waals surface area contributed by atoms with Crippen molar-refractivity contribution in [2.75, 3.05) is 7.11 Å². The second-order valence-electron chi connectivity index (χ2n) is 5.78. The Bertz CT molecular complexity index is 1100. The molecule has 0 spiro atoms. The topological polar surface area (TPSA) is 39.2 Å². The fourth-order valence-corrected chi connectivity index (χ4v) is 3.24. The summed E-state index contributed by atoms with van der Waals surface area (Å²) in [6.45, 7) is 0. The lowest BCUT2D eigenvalue weighted by molar-refractivity contribution is 0.0601. The monoisotopic (exact) mass is 347 g/mol. The van der Waals surface area contributed by atoms with Crippen molar-refractivity contribution in [1.82, 2.24) is 4.98 Å². The number of fused-ring (bicyclic) bond motifs is 3. The fourth-order valence-electron chi connectivity index (χ4n) is 3.12. The number of hydrogen-bond donors (Lipinski definition) is 0. The average molecular weight is 348 g/mol. The molecule has 4 rings (SSSR count). The maximum absolute atomic E-state index is 11.9. The van der Waals surface area contributed by atoms with Crippen LogP contribution in [0, 0.1) is 0 Å². The Balaban J connectivity index is 2.05. The van der Waals surface area contributed by atoms with Gasteiger partial charge in [-0.2, -0.15) is 0 Å². The van der Waals surface area contributed by atoms with Crippen LogP contribution in [-0.4, -0.2) is 18.1 Å². The highest BCUT2D eigenvalue weighted by molar-refractivity contribution is 6.30. The molecule has 0 aliphatic heterocycles. The molecule has 0 radical (unpaired) electrons. The van der Waals surface area contributed by atoms with Gasteiger partial charge in [0, 0.05) is 22.8 Å². The number of nitrogens with zero attached hydrogens (tertiary/aromatic N) is 1. The van der Waals surface area contributed by atoms with Gasteiger partial charge in [0.15, 0.2) is 0 Å². The third-order valence-electron chi connectivity index (χ3n) is 4.33. The summed E-state index contributed by atoms with van der Waals surface area (Å²) in [5, 5.41) is 4.86. The number of benzene rings is 3. The van der Waals surface area contributed by atoms with Crippen LogP contribution in [0.3, 0.4) is 0 Å². The standard InChI is InChI=1S/C21H14ClNO2/c1-25-21(24)14-4-7-17-15(10-14)11-19(13-2-5-16(22)6-3-13)18-8-9-23-12-20(17)18/h2-12H,1H3. The third kappa shape index (κ3) is 2.73. The highest BCUT2D eigenvalue weighted by Gasteiger charge is 2.12. The molecular formula is C21H14ClNO2. The van der Waals surface area contributed by atoms with E-state index in [9.17, 15) is 4.79 Å². The number of pyridine rings is 1. The number of esters is 1. The number of methoxy groups -OCH3 is 1. The minimum absolute atomic E-state index is 0.346. The van der Waals surface area contributed by atoms with Gasteiger partial charge >= 0.3 is 5.97 Å². The second-order valence-corrected chi connectivity index (χ2v) is 6.22. The van der Waals surface area contributed by atoms with Gasteiger partial charge in [0.25, 0.3) is 0 Å². The van der Waals surface area contributed by atoms with Gasteiger partial charge < -0.3 is 4.74 Å². The summed E-state index contributed by atoms with van der Waals surface area (Å²) in [6.07, 6.45) is 3.64. The molecule has 0 aliphatic carbocycles. The molecule has 1 aromatic heterocycles. The van der Waals surface area contributed by atoms with Gasteiger partial charge in [0.05, 0.1) is 12.7 Å². The summed E-state index contributed by atoms with van der Waals surface area (Å²) in [5.74, 6) is -0.346. The van der Waals surface area contributed by atoms with Crippen molar-refractivity contribution < 1.29 is 9.53 Å². The van der Waals surface area contributed by atoms with E-state index in [0.717, 1.165) is 32.7 Å². The van der Waals surface area contributed by atoms with E-state index < -0.39 is 0 Å². The maximum atomic E-state index is 11.9. The van der Waals surface area contributed by atoms with E-state index >= 15 is 0 Å². The van der Waals surface area contributed by atoms with Crippen molar-refractivity contribution >= 4 is 39.1 Å². The summed E-state index contributed by atoms with van der Waals surface area (Å²) in [6, 6.07) is 17.4. The Morgan fingerprint density at radius 3 is 2.52 bits per heavy atom. The van der Waals surface area contributed by atoms with Gasteiger partial charge in [-0.05, 0) is 63.7 Å². The molecule has 3 aromatic carbocycles. The van der Waals surface area contributed by atoms with Crippen LogP contribution in [0.15, 0.2) is 67.0 Å². The summed E-state index contributed by atoms with van der Waals surface area (Å²) in [5.41, 5.74) is 2.66. The number of halogens is 1. The molecule has 0 atom stereocenters. The predicted octanol–water partition coefficient (Wildman–Crippen LogP) is 5.50. The van der Waals surface area contributed by atoms with Gasteiger partial charge in [-0.25, -0.2) is 4.79 Å². The summed E-state index contributed by atoms with van der Waals surface area (Å²) >= 11 is 6.02. The molecular weight excluding hydrogens is 334 g/mol. The SMILES string of the molecule is COC(=O)c1ccc2c(c1)cc(-c1ccc(Cl)cc1)c1ccncc12. The first kappa shape index (κ1) is 15.6. The lowest BCUT2D eigenvalue weighted by atomic mass is 9.93. The Hall–Kier alpha value is -2.91. The van der Waals surface area contributed by atoms with Crippen LogP contribution in [0.1, 0.15) is 10.4 Å². The van der Waals surface area contributed by atoms with E-state index in [1.54, 1.807) is 12.3 Å². The van der Waals surface area contributed by atoms with E-state index in [4.69, 9.17) is 16.3 Å². The highest BCUT2D eigenvalue weighted by Crippen LogP contribution is 2.35. The normalized spacial score (nSPS) is 11.0. The molecule has 122 valence electrons. The Labute approximate surface area is 149 Å². The molecule has 0 fully saturated rings. The zero-order valence-electron chi connectivity index (χ0n) is 13.5. The molecule has 0 saturated heterocycles. The fraction of sp³-hybridized carbons (Fsp3) is 0.0476. The van der Waals surface area contributed by atoms with Crippen LogP contribution in [0.4, 0.5) is 0 Å². The minimum atomic E-state index is -0.346. The van der Waals surface area contributed by atoms with Crippen molar-refractivity contribution in [3.05, 3.63) is 77.6 Å². The number of ether oxygens (including phenoxy) is 1. The van der Waals surface area contributed by atoms with Crippen molar-refractivity contribution in [3.63, 3.8) is 0 Å². The lowest BCUT2D eigenvalue weighted by Crippen LogP contribution is -2.00. The molecule has 3 nitrogen and oxygen atoms in total. The number of aromatic nitrogens is 1. The first-order valence-corrected chi connectivity index (χ1v) is 8.20. The molecule has 0 amide bonds. The molecule has 25 heavy (non-hydrogen) atoms. The van der Waals surface area contributed by atoms with Gasteiger partial charge in [0.1, 0.15) is 0 Å². The van der Waals surface area contributed by atoms with Crippen LogP contribution in [-0.2, 0) is 4.74 Å². The van der Waals surface area contributed by atoms with Crippen LogP contribution < -0.4 is 0 Å². The number of carbonyl (C=O) groups is 1. The molecule has 0 N–H and O–H groups in total. The third-order valence-corrected chi connectivity index (χ3v) is 4.58. The van der Waals surface area contributed by atoms with Crippen LogP contribution >= 0.6 is 11.6 Å². The molecule has 0 unspecified atom stereocenters. The van der Waals surface area contributed by atoms with E-state index in [0.29, 0.717) is 10.6 Å². The minimum Gasteiger partial charge on any atom is -0.465 e. The van der Waals surface area contributed by atoms with E-state index in [-0.39, 0.29) is 5.97 Å². The molecule has 0 bridgehead atoms. The highest BCUT2D eigenvalue weighted by atomic mass is 35.5. The molecule has 0 aliphatic rings. The smallest absolute Gasteiger partial charge is 0.337 e. The summed E-state index contributed by atoms with van der Waals surface area (Å²) < 4.78 is 4.83. The molecule has 4 aromatic rings. The van der Waals surface area contributed by atoms with E-state index in [2.05, 4.69) is 11.1 Å². The lowest BCUT2D eigenvalue weighted by Gasteiger charge is -2.11. The van der Waals surface area contributed by atoms with Crippen molar-refractivity contribution in [2.24, 2.45) is 0 Å². The van der Waals surface area contributed by atoms with E-state index in [1.807, 2.05) is 48.7 Å². The first-order chi connectivity index (χ1) is 12.2. The zero-order chi connectivity index (χ0) is 17.4. The Morgan fingerprint density at radius 1 is 0.960 bits per heavy atom. The van der Waals surface area contributed by atoms with Gasteiger partial charge in [-0.15, -0.1) is 0 Å². The van der Waals surface area contributed by atoms with Crippen LogP contribution in [0.5, 0.6) is 0 Å². The van der Waals surface area contributed by atoms with Crippen molar-refractivity contribution in [3.8, 4) is 11.1 Å². The predicted molar refractivity (Wildman–Crippen MR) is 101 cm³/mol. The van der Waals surface area contributed by atoms with Crippen LogP contribution in [0.25, 0.3) is 32.7 Å². The number of rotatable bonds is 2. The van der Waals surface area contributed by atoms with Crippen molar-refractivity contribution in [1.29, 1.82) is 0 Å². The molecule has 1 heterocycles. The Morgan fingerprint density at radius 2 is 1.76 bits per heavy atom. The first-order valence-electron chi connectivity index (χ1n) is 7.82. The summed E-state index contributed by atoms with van der Waals surface area (Å²) in [4.78, 5) is 16.1.